The van der Waals surface area contributed by atoms with Crippen LogP contribution >= 0.6 is 0 Å². The van der Waals surface area contributed by atoms with Gasteiger partial charge in [-0.1, -0.05) is 12.1 Å². The topological polar surface area (TPSA) is 141 Å². The lowest BCUT2D eigenvalue weighted by Gasteiger charge is -2.22. The summed E-state index contributed by atoms with van der Waals surface area (Å²) < 4.78 is 0. The van der Waals surface area contributed by atoms with Crippen LogP contribution in [-0.2, 0) is 20.8 Å². The zero-order chi connectivity index (χ0) is 16.0. The van der Waals surface area contributed by atoms with Crippen LogP contribution in [-0.4, -0.2) is 57.2 Å². The van der Waals surface area contributed by atoms with E-state index in [1.165, 1.54) is 12.1 Å². The van der Waals surface area contributed by atoms with Gasteiger partial charge in [0.1, 0.15) is 18.8 Å². The van der Waals surface area contributed by atoms with Gasteiger partial charge in [0.15, 0.2) is 0 Å². The minimum Gasteiger partial charge on any atom is -0.508 e. The van der Waals surface area contributed by atoms with Gasteiger partial charge in [0.2, 0.25) is 5.91 Å². The van der Waals surface area contributed by atoms with Gasteiger partial charge in [-0.15, -0.1) is 0 Å². The minimum atomic E-state index is -1.32. The molecule has 0 aromatic heterocycles. The SMILES string of the molecule is N[C@H](Cc1ccc(O)cc1)C(=O)N(CC(=O)O)CC(=O)O. The molecular weight excluding hydrogens is 280 g/mol. The van der Waals surface area contributed by atoms with E-state index in [2.05, 4.69) is 0 Å². The first kappa shape index (κ1) is 16.4. The number of aliphatic carboxylic acids is 2. The molecule has 0 saturated carbocycles. The Morgan fingerprint density at radius 2 is 1.52 bits per heavy atom. The summed E-state index contributed by atoms with van der Waals surface area (Å²) in [5.74, 6) is -3.33. The molecule has 8 heteroatoms. The van der Waals surface area contributed by atoms with Crippen molar-refractivity contribution in [3.8, 4) is 5.75 Å². The summed E-state index contributed by atoms with van der Waals surface area (Å²) in [5, 5.41) is 26.5. The van der Waals surface area contributed by atoms with Gasteiger partial charge < -0.3 is 26.0 Å². The summed E-state index contributed by atoms with van der Waals surface area (Å²) >= 11 is 0. The Hall–Kier alpha value is -2.61. The number of aromatic hydroxyl groups is 1. The zero-order valence-electron chi connectivity index (χ0n) is 11.1. The smallest absolute Gasteiger partial charge is 0.323 e. The number of carbonyl (C=O) groups is 3. The molecule has 1 atom stereocenters. The van der Waals surface area contributed by atoms with E-state index in [9.17, 15) is 14.4 Å². The molecule has 0 saturated heterocycles. The van der Waals surface area contributed by atoms with Crippen molar-refractivity contribution in [2.24, 2.45) is 5.73 Å². The number of nitrogens with zero attached hydrogens (tertiary/aromatic N) is 1. The number of hydrogen-bond acceptors (Lipinski definition) is 5. The largest absolute Gasteiger partial charge is 0.508 e. The predicted molar refractivity (Wildman–Crippen MR) is 71.6 cm³/mol. The van der Waals surface area contributed by atoms with Crippen molar-refractivity contribution in [1.82, 2.24) is 4.90 Å². The second-order valence-electron chi connectivity index (χ2n) is 4.46. The molecule has 1 amide bonds. The number of amides is 1. The first-order valence-electron chi connectivity index (χ1n) is 6.05. The van der Waals surface area contributed by atoms with Crippen LogP contribution in [0.2, 0.25) is 0 Å². The number of rotatable bonds is 7. The Balaban J connectivity index is 2.74. The molecule has 1 aromatic rings. The van der Waals surface area contributed by atoms with Gasteiger partial charge in [-0.3, -0.25) is 14.4 Å². The fraction of sp³-hybridized carbons (Fsp3) is 0.308. The molecule has 0 fully saturated rings. The van der Waals surface area contributed by atoms with Gasteiger partial charge >= 0.3 is 11.9 Å². The van der Waals surface area contributed by atoms with Gasteiger partial charge in [-0.25, -0.2) is 0 Å². The molecule has 0 radical (unpaired) electrons. The zero-order valence-corrected chi connectivity index (χ0v) is 11.1. The summed E-state index contributed by atoms with van der Waals surface area (Å²) in [6.45, 7) is -1.46. The fourth-order valence-electron chi connectivity index (χ4n) is 1.75. The number of carboxylic acids is 2. The number of nitrogens with two attached hydrogens (primary N) is 1. The monoisotopic (exact) mass is 296 g/mol. The molecule has 1 rings (SSSR count). The second-order valence-corrected chi connectivity index (χ2v) is 4.46. The number of carbonyl (C=O) groups excluding carboxylic acids is 1. The highest BCUT2D eigenvalue weighted by Crippen LogP contribution is 2.11. The highest BCUT2D eigenvalue weighted by Gasteiger charge is 2.25. The average Bonchev–Trinajstić information content (AvgIpc) is 2.38. The van der Waals surface area contributed by atoms with Crippen LogP contribution in [0.3, 0.4) is 0 Å². The van der Waals surface area contributed by atoms with Crippen molar-refractivity contribution in [2.45, 2.75) is 12.5 Å². The molecule has 0 spiro atoms. The molecule has 0 aliphatic carbocycles. The molecule has 0 heterocycles. The lowest BCUT2D eigenvalue weighted by molar-refractivity contribution is -0.149. The normalized spacial score (nSPS) is 11.7. The number of carboxylic acid groups (broad SMARTS) is 2. The van der Waals surface area contributed by atoms with Crippen LogP contribution in [0.4, 0.5) is 0 Å². The van der Waals surface area contributed by atoms with Gasteiger partial charge in [-0.2, -0.15) is 0 Å². The molecule has 0 bridgehead atoms. The lowest BCUT2D eigenvalue weighted by atomic mass is 10.1. The Morgan fingerprint density at radius 1 is 1.05 bits per heavy atom. The Morgan fingerprint density at radius 3 is 1.95 bits per heavy atom. The molecular formula is C13H16N2O6. The van der Waals surface area contributed by atoms with E-state index >= 15 is 0 Å². The first-order chi connectivity index (χ1) is 9.79. The summed E-state index contributed by atoms with van der Waals surface area (Å²) in [5.41, 5.74) is 6.37. The quantitative estimate of drug-likeness (QED) is 0.519. The van der Waals surface area contributed by atoms with Crippen molar-refractivity contribution < 1.29 is 29.7 Å². The summed E-state index contributed by atoms with van der Waals surface area (Å²) in [6.07, 6.45) is 0.106. The van der Waals surface area contributed by atoms with Crippen molar-refractivity contribution >= 4 is 17.8 Å². The van der Waals surface area contributed by atoms with Gasteiger partial charge in [0.05, 0.1) is 6.04 Å². The fourth-order valence-corrected chi connectivity index (χ4v) is 1.75. The average molecular weight is 296 g/mol. The van der Waals surface area contributed by atoms with Crippen molar-refractivity contribution in [3.63, 3.8) is 0 Å². The van der Waals surface area contributed by atoms with Crippen LogP contribution in [0.15, 0.2) is 24.3 Å². The molecule has 8 nitrogen and oxygen atoms in total. The lowest BCUT2D eigenvalue weighted by Crippen LogP contribution is -2.48. The van der Waals surface area contributed by atoms with E-state index in [0.29, 0.717) is 10.5 Å². The molecule has 0 unspecified atom stereocenters. The maximum Gasteiger partial charge on any atom is 0.323 e. The number of hydrogen-bond donors (Lipinski definition) is 4. The maximum atomic E-state index is 12.0. The van der Waals surface area contributed by atoms with Crippen LogP contribution < -0.4 is 5.73 Å². The van der Waals surface area contributed by atoms with E-state index in [0.717, 1.165) is 0 Å². The molecule has 0 aliphatic rings. The first-order valence-corrected chi connectivity index (χ1v) is 6.05. The Kier molecular flexibility index (Phi) is 5.67. The molecule has 1 aromatic carbocycles. The van der Waals surface area contributed by atoms with Crippen LogP contribution in [0.5, 0.6) is 5.75 Å². The number of phenolic OH excluding ortho intramolecular Hbond substituents is 1. The van der Waals surface area contributed by atoms with E-state index < -0.39 is 37.0 Å². The summed E-state index contributed by atoms with van der Waals surface area (Å²) in [7, 11) is 0. The molecule has 0 aliphatic heterocycles. The highest BCUT2D eigenvalue weighted by molar-refractivity contribution is 5.88. The van der Waals surface area contributed by atoms with E-state index in [1.807, 2.05) is 0 Å². The van der Waals surface area contributed by atoms with E-state index in [-0.39, 0.29) is 12.2 Å². The highest BCUT2D eigenvalue weighted by atomic mass is 16.4. The van der Waals surface area contributed by atoms with Gasteiger partial charge in [-0.05, 0) is 24.1 Å². The van der Waals surface area contributed by atoms with Crippen molar-refractivity contribution in [1.29, 1.82) is 0 Å². The summed E-state index contributed by atoms with van der Waals surface area (Å²) in [4.78, 5) is 34.0. The second kappa shape index (κ2) is 7.25. The summed E-state index contributed by atoms with van der Waals surface area (Å²) in [6, 6.07) is 4.94. The number of phenols is 1. The third-order valence-corrected chi connectivity index (χ3v) is 2.67. The molecule has 21 heavy (non-hydrogen) atoms. The van der Waals surface area contributed by atoms with Crippen LogP contribution in [0, 0.1) is 0 Å². The van der Waals surface area contributed by atoms with Crippen LogP contribution in [0.25, 0.3) is 0 Å². The van der Waals surface area contributed by atoms with Crippen molar-refractivity contribution in [3.05, 3.63) is 29.8 Å². The van der Waals surface area contributed by atoms with Crippen LogP contribution in [0.1, 0.15) is 5.56 Å². The standard InChI is InChI=1S/C13H16N2O6/c14-10(5-8-1-3-9(16)4-2-8)13(21)15(6-11(17)18)7-12(19)20/h1-4,10,16H,5-7,14H2,(H,17,18)(H,19,20)/t10-/m1/s1. The minimum absolute atomic E-state index is 0.0667. The third-order valence-electron chi connectivity index (χ3n) is 2.67. The van der Waals surface area contributed by atoms with Gasteiger partial charge in [0.25, 0.3) is 0 Å². The van der Waals surface area contributed by atoms with E-state index in [1.54, 1.807) is 12.1 Å². The third kappa shape index (κ3) is 5.49. The molecule has 114 valence electrons. The predicted octanol–water partition coefficient (Wildman–Crippen LogP) is -0.740. The molecule has 5 N–H and O–H groups in total. The Bertz CT molecular complexity index is 512. The number of benzene rings is 1. The maximum absolute atomic E-state index is 12.0. The van der Waals surface area contributed by atoms with Crippen molar-refractivity contribution in [2.75, 3.05) is 13.1 Å². The Labute approximate surface area is 120 Å². The van der Waals surface area contributed by atoms with Gasteiger partial charge in [0, 0.05) is 0 Å². The van der Waals surface area contributed by atoms with E-state index in [4.69, 9.17) is 21.1 Å².